The van der Waals surface area contributed by atoms with Crippen LogP contribution in [0, 0.1) is 5.92 Å². The first-order chi connectivity index (χ1) is 12.7. The molecule has 4 heterocycles. The molecule has 4 rings (SSSR count). The smallest absolute Gasteiger partial charge is 0.0949 e. The van der Waals surface area contributed by atoms with Crippen molar-refractivity contribution in [3.8, 4) is 0 Å². The van der Waals surface area contributed by atoms with Gasteiger partial charge < -0.3 is 14.0 Å². The van der Waals surface area contributed by atoms with E-state index >= 15 is 0 Å². The van der Waals surface area contributed by atoms with Crippen LogP contribution in [-0.4, -0.2) is 57.2 Å². The largest absolute Gasteiger partial charge is 0.381 e. The topological polar surface area (TPSA) is 57.3 Å². The lowest BCUT2D eigenvalue weighted by atomic mass is 9.98. The Morgan fingerprint density at radius 1 is 1.23 bits per heavy atom. The summed E-state index contributed by atoms with van der Waals surface area (Å²) in [6, 6.07) is 0. The first-order valence-electron chi connectivity index (χ1n) is 9.54. The third-order valence-corrected chi connectivity index (χ3v) is 5.48. The molecule has 0 radical (unpaired) electrons. The van der Waals surface area contributed by atoms with Crippen molar-refractivity contribution in [1.82, 2.24) is 24.2 Å². The van der Waals surface area contributed by atoms with E-state index in [1.54, 1.807) is 0 Å². The molecule has 1 fully saturated rings. The summed E-state index contributed by atoms with van der Waals surface area (Å²) >= 11 is 0. The number of fused-ring (bicyclic) bond motifs is 1. The molecule has 0 aliphatic carbocycles. The second-order valence-corrected chi connectivity index (χ2v) is 7.67. The summed E-state index contributed by atoms with van der Waals surface area (Å²) in [7, 11) is 4.05. The molecule has 0 unspecified atom stereocenters. The highest BCUT2D eigenvalue weighted by Crippen LogP contribution is 2.29. The Balaban J connectivity index is 1.39. The predicted octanol–water partition coefficient (Wildman–Crippen LogP) is 1.70. The number of nitrogens with zero attached hydrogens (tertiary/aromatic N) is 5. The van der Waals surface area contributed by atoms with Crippen molar-refractivity contribution >= 4 is 0 Å². The number of aromatic nitrogens is 4. The zero-order valence-corrected chi connectivity index (χ0v) is 15.8. The van der Waals surface area contributed by atoms with E-state index < -0.39 is 0 Å². The first-order valence-corrected chi connectivity index (χ1v) is 9.54. The predicted molar refractivity (Wildman–Crippen MR) is 97.6 cm³/mol. The Bertz CT molecular complexity index is 719. The van der Waals surface area contributed by atoms with Gasteiger partial charge in [0, 0.05) is 76.9 Å². The highest BCUT2D eigenvalue weighted by Gasteiger charge is 2.29. The maximum Gasteiger partial charge on any atom is 0.0949 e. The van der Waals surface area contributed by atoms with Crippen molar-refractivity contribution in [1.29, 1.82) is 0 Å². The van der Waals surface area contributed by atoms with E-state index in [1.165, 1.54) is 17.0 Å². The highest BCUT2D eigenvalue weighted by molar-refractivity contribution is 5.22. The zero-order chi connectivity index (χ0) is 17.9. The van der Waals surface area contributed by atoms with E-state index in [0.29, 0.717) is 11.8 Å². The van der Waals surface area contributed by atoms with Gasteiger partial charge in [-0.2, -0.15) is 5.10 Å². The molecule has 2 aromatic rings. The van der Waals surface area contributed by atoms with Crippen LogP contribution in [0.25, 0.3) is 0 Å². The number of hydrogen-bond donors (Lipinski definition) is 0. The molecule has 0 aromatic carbocycles. The lowest BCUT2D eigenvalue weighted by molar-refractivity contribution is 0.0127. The van der Waals surface area contributed by atoms with Crippen LogP contribution in [-0.2, 0) is 36.7 Å². The number of imidazole rings is 1. The van der Waals surface area contributed by atoms with Crippen LogP contribution in [0.4, 0.5) is 0 Å². The lowest BCUT2D eigenvalue weighted by Gasteiger charge is -2.33. The fourth-order valence-electron chi connectivity index (χ4n) is 4.16. The summed E-state index contributed by atoms with van der Waals surface area (Å²) in [5.74, 6) is 1.01. The summed E-state index contributed by atoms with van der Waals surface area (Å²) in [4.78, 5) is 7.08. The van der Waals surface area contributed by atoms with Crippen LogP contribution < -0.4 is 0 Å². The molecular weight excluding hydrogens is 330 g/mol. The molecule has 1 atom stereocenters. The molecule has 7 nitrogen and oxygen atoms in total. The molecule has 142 valence electrons. The molecule has 0 bridgehead atoms. The number of hydrogen-bond acceptors (Lipinski definition) is 5. The minimum absolute atomic E-state index is 0.364. The minimum atomic E-state index is 0.364. The van der Waals surface area contributed by atoms with Gasteiger partial charge in [0.2, 0.25) is 0 Å². The van der Waals surface area contributed by atoms with Crippen molar-refractivity contribution < 1.29 is 9.47 Å². The SMILES string of the molecule is Cn1cc(CN2Cc3ncn(C)c3[C@H](COCC3CCOCC3)C2)cn1. The van der Waals surface area contributed by atoms with Crippen molar-refractivity contribution in [3.05, 3.63) is 35.7 Å². The van der Waals surface area contributed by atoms with Crippen molar-refractivity contribution in [2.45, 2.75) is 31.8 Å². The van der Waals surface area contributed by atoms with Crippen LogP contribution in [0.2, 0.25) is 0 Å². The molecule has 26 heavy (non-hydrogen) atoms. The van der Waals surface area contributed by atoms with E-state index in [0.717, 1.165) is 58.9 Å². The second-order valence-electron chi connectivity index (χ2n) is 7.67. The average molecular weight is 359 g/mol. The van der Waals surface area contributed by atoms with Crippen LogP contribution in [0.3, 0.4) is 0 Å². The molecule has 0 N–H and O–H groups in total. The molecular formula is C19H29N5O2. The third-order valence-electron chi connectivity index (χ3n) is 5.48. The van der Waals surface area contributed by atoms with Gasteiger partial charge >= 0.3 is 0 Å². The molecule has 0 spiro atoms. The lowest BCUT2D eigenvalue weighted by Crippen LogP contribution is -2.36. The maximum atomic E-state index is 6.16. The van der Waals surface area contributed by atoms with Crippen molar-refractivity contribution in [2.24, 2.45) is 20.0 Å². The molecule has 2 aliphatic rings. The van der Waals surface area contributed by atoms with Gasteiger partial charge in [-0.1, -0.05) is 0 Å². The second kappa shape index (κ2) is 7.90. The molecule has 0 amide bonds. The average Bonchev–Trinajstić information content (AvgIpc) is 3.22. The van der Waals surface area contributed by atoms with E-state index in [9.17, 15) is 0 Å². The third kappa shape index (κ3) is 4.00. The van der Waals surface area contributed by atoms with Crippen LogP contribution in [0.5, 0.6) is 0 Å². The van der Waals surface area contributed by atoms with Gasteiger partial charge in [-0.15, -0.1) is 0 Å². The van der Waals surface area contributed by atoms with E-state index in [4.69, 9.17) is 9.47 Å². The molecule has 1 saturated heterocycles. The van der Waals surface area contributed by atoms with Crippen molar-refractivity contribution in [2.75, 3.05) is 33.0 Å². The standard InChI is InChI=1S/C19H29N5O2/c1-22-14-20-18-11-24(9-16-7-21-23(2)8-16)10-17(19(18)22)13-26-12-15-3-5-25-6-4-15/h7-8,14-15,17H,3-6,9-13H2,1-2H3/t17-/m0/s1. The normalized spacial score (nSPS) is 21.8. The molecule has 7 heteroatoms. The number of rotatable bonds is 6. The van der Waals surface area contributed by atoms with Gasteiger partial charge in [-0.3, -0.25) is 9.58 Å². The fourth-order valence-corrected chi connectivity index (χ4v) is 4.16. The van der Waals surface area contributed by atoms with Crippen molar-refractivity contribution in [3.63, 3.8) is 0 Å². The Morgan fingerprint density at radius 3 is 2.85 bits per heavy atom. The highest BCUT2D eigenvalue weighted by atomic mass is 16.5. The van der Waals surface area contributed by atoms with Gasteiger partial charge in [-0.05, 0) is 18.8 Å². The summed E-state index contributed by atoms with van der Waals surface area (Å²) in [5, 5.41) is 4.29. The number of ether oxygens (including phenoxy) is 2. The van der Waals surface area contributed by atoms with Gasteiger partial charge in [0.25, 0.3) is 0 Å². The van der Waals surface area contributed by atoms with Gasteiger partial charge in [0.05, 0.1) is 24.8 Å². The maximum absolute atomic E-state index is 6.16. The Labute approximate surface area is 154 Å². The zero-order valence-electron chi connectivity index (χ0n) is 15.8. The summed E-state index contributed by atoms with van der Waals surface area (Å²) < 4.78 is 15.6. The summed E-state index contributed by atoms with van der Waals surface area (Å²) in [6.45, 7) is 6.14. The van der Waals surface area contributed by atoms with E-state index in [1.807, 2.05) is 24.3 Å². The Kier molecular flexibility index (Phi) is 5.38. The van der Waals surface area contributed by atoms with E-state index in [-0.39, 0.29) is 0 Å². The van der Waals surface area contributed by atoms with Gasteiger partial charge in [-0.25, -0.2) is 4.98 Å². The summed E-state index contributed by atoms with van der Waals surface area (Å²) in [6.07, 6.45) is 8.21. The van der Waals surface area contributed by atoms with Crippen LogP contribution in [0.1, 0.15) is 35.7 Å². The summed E-state index contributed by atoms with van der Waals surface area (Å²) in [5.41, 5.74) is 3.76. The molecule has 0 saturated carbocycles. The Hall–Kier alpha value is -1.70. The van der Waals surface area contributed by atoms with Gasteiger partial charge in [0.15, 0.2) is 0 Å². The first kappa shape index (κ1) is 17.7. The monoisotopic (exact) mass is 359 g/mol. The quantitative estimate of drug-likeness (QED) is 0.786. The number of aryl methyl sites for hydroxylation is 2. The Morgan fingerprint density at radius 2 is 2.08 bits per heavy atom. The van der Waals surface area contributed by atoms with E-state index in [2.05, 4.69) is 32.8 Å². The van der Waals surface area contributed by atoms with Gasteiger partial charge in [0.1, 0.15) is 0 Å². The van der Waals surface area contributed by atoms with Crippen LogP contribution in [0.15, 0.2) is 18.7 Å². The minimum Gasteiger partial charge on any atom is -0.381 e. The fraction of sp³-hybridized carbons (Fsp3) is 0.684. The molecule has 2 aliphatic heterocycles. The molecule has 2 aromatic heterocycles. The van der Waals surface area contributed by atoms with Crippen LogP contribution >= 0.6 is 0 Å².